The predicted molar refractivity (Wildman–Crippen MR) is 82.9 cm³/mol. The van der Waals surface area contributed by atoms with Crippen molar-refractivity contribution < 1.29 is 0 Å². The molecule has 19 heavy (non-hydrogen) atoms. The maximum absolute atomic E-state index is 3.74. The Bertz CT molecular complexity index is 406. The first-order chi connectivity index (χ1) is 9.22. The number of hydrogen-bond donors (Lipinski definition) is 1. The van der Waals surface area contributed by atoms with E-state index in [2.05, 4.69) is 48.6 Å². The van der Waals surface area contributed by atoms with E-state index in [9.17, 15) is 0 Å². The van der Waals surface area contributed by atoms with Crippen LogP contribution in [-0.2, 0) is 0 Å². The molecule has 2 unspecified atom stereocenters. The van der Waals surface area contributed by atoms with Gasteiger partial charge in [-0.1, -0.05) is 12.8 Å². The second-order valence-electron chi connectivity index (χ2n) is 6.55. The Morgan fingerprint density at radius 1 is 0.947 bits per heavy atom. The Hall–Kier alpha value is -1.18. The van der Waals surface area contributed by atoms with Crippen LogP contribution in [0.2, 0.25) is 0 Å². The van der Waals surface area contributed by atoms with Crippen molar-refractivity contribution in [3.8, 4) is 0 Å². The minimum absolute atomic E-state index is 0.699. The number of hydrogen-bond acceptors (Lipinski definition) is 2. The third-order valence-corrected chi connectivity index (χ3v) is 4.76. The summed E-state index contributed by atoms with van der Waals surface area (Å²) in [7, 11) is 4.17. The van der Waals surface area contributed by atoms with Gasteiger partial charge in [-0.2, -0.15) is 0 Å². The maximum atomic E-state index is 3.74. The monoisotopic (exact) mass is 258 g/mol. The van der Waals surface area contributed by atoms with Crippen LogP contribution in [0.5, 0.6) is 0 Å². The van der Waals surface area contributed by atoms with Gasteiger partial charge < -0.3 is 10.2 Å². The Labute approximate surface area is 117 Å². The second kappa shape index (κ2) is 5.44. The fourth-order valence-electron chi connectivity index (χ4n) is 3.45. The second-order valence-corrected chi connectivity index (χ2v) is 6.55. The summed E-state index contributed by atoms with van der Waals surface area (Å²) >= 11 is 0. The molecule has 1 aromatic rings. The SMILES string of the molecule is CN(C)c1ccc(NC2CCCC(C3CC3)C2)cc1. The molecule has 0 saturated heterocycles. The van der Waals surface area contributed by atoms with E-state index in [1.807, 2.05) is 0 Å². The van der Waals surface area contributed by atoms with E-state index in [-0.39, 0.29) is 0 Å². The van der Waals surface area contributed by atoms with E-state index in [0.717, 1.165) is 11.8 Å². The van der Waals surface area contributed by atoms with Gasteiger partial charge in [0.1, 0.15) is 0 Å². The summed E-state index contributed by atoms with van der Waals surface area (Å²) in [5.41, 5.74) is 2.55. The van der Waals surface area contributed by atoms with Crippen molar-refractivity contribution in [1.82, 2.24) is 0 Å². The van der Waals surface area contributed by atoms with Crippen LogP contribution in [0.3, 0.4) is 0 Å². The molecule has 1 N–H and O–H groups in total. The normalized spacial score (nSPS) is 27.1. The van der Waals surface area contributed by atoms with Gasteiger partial charge in [0.25, 0.3) is 0 Å². The highest BCUT2D eigenvalue weighted by atomic mass is 15.1. The molecule has 2 heteroatoms. The smallest absolute Gasteiger partial charge is 0.0362 e. The highest BCUT2D eigenvalue weighted by Gasteiger charge is 2.34. The van der Waals surface area contributed by atoms with Gasteiger partial charge >= 0.3 is 0 Å². The summed E-state index contributed by atoms with van der Waals surface area (Å²) in [5.74, 6) is 2.08. The van der Waals surface area contributed by atoms with Gasteiger partial charge in [-0.05, 0) is 61.8 Å². The lowest BCUT2D eigenvalue weighted by Gasteiger charge is -2.30. The lowest BCUT2D eigenvalue weighted by atomic mass is 9.82. The predicted octanol–water partition coefficient (Wildman–Crippen LogP) is 4.13. The zero-order valence-electron chi connectivity index (χ0n) is 12.2. The third-order valence-electron chi connectivity index (χ3n) is 4.76. The van der Waals surface area contributed by atoms with Crippen LogP contribution in [0.1, 0.15) is 38.5 Å². The van der Waals surface area contributed by atoms with Gasteiger partial charge in [-0.15, -0.1) is 0 Å². The van der Waals surface area contributed by atoms with Gasteiger partial charge in [-0.3, -0.25) is 0 Å². The van der Waals surface area contributed by atoms with Crippen LogP contribution >= 0.6 is 0 Å². The van der Waals surface area contributed by atoms with E-state index < -0.39 is 0 Å². The van der Waals surface area contributed by atoms with Gasteiger partial charge in [-0.25, -0.2) is 0 Å². The zero-order valence-corrected chi connectivity index (χ0v) is 12.2. The van der Waals surface area contributed by atoms with Crippen LogP contribution in [0.15, 0.2) is 24.3 Å². The highest BCUT2D eigenvalue weighted by Crippen LogP contribution is 2.44. The third kappa shape index (κ3) is 3.23. The lowest BCUT2D eigenvalue weighted by Crippen LogP contribution is -2.28. The number of nitrogens with one attached hydrogen (secondary N) is 1. The quantitative estimate of drug-likeness (QED) is 0.873. The summed E-state index contributed by atoms with van der Waals surface area (Å²) in [6.45, 7) is 0. The van der Waals surface area contributed by atoms with Crippen LogP contribution < -0.4 is 10.2 Å². The fourth-order valence-corrected chi connectivity index (χ4v) is 3.45. The first kappa shape index (κ1) is 12.8. The molecular formula is C17H26N2. The van der Waals surface area contributed by atoms with Gasteiger partial charge in [0.2, 0.25) is 0 Å². The minimum Gasteiger partial charge on any atom is -0.382 e. The van der Waals surface area contributed by atoms with Crippen LogP contribution in [0, 0.1) is 11.8 Å². The molecule has 3 rings (SSSR count). The molecule has 0 heterocycles. The van der Waals surface area contributed by atoms with Crippen molar-refractivity contribution >= 4 is 11.4 Å². The van der Waals surface area contributed by atoms with Crippen molar-refractivity contribution in [1.29, 1.82) is 0 Å². The average Bonchev–Trinajstić information content (AvgIpc) is 3.24. The Morgan fingerprint density at radius 2 is 1.68 bits per heavy atom. The van der Waals surface area contributed by atoms with E-state index in [1.165, 1.54) is 49.9 Å². The van der Waals surface area contributed by atoms with Crippen molar-refractivity contribution in [2.45, 2.75) is 44.6 Å². The summed E-state index contributed by atoms with van der Waals surface area (Å²) in [5, 5.41) is 3.74. The van der Waals surface area contributed by atoms with E-state index >= 15 is 0 Å². The Kier molecular flexibility index (Phi) is 3.67. The number of rotatable bonds is 4. The maximum Gasteiger partial charge on any atom is 0.0362 e. The molecule has 1 aromatic carbocycles. The van der Waals surface area contributed by atoms with E-state index in [1.54, 1.807) is 0 Å². The molecule has 0 aliphatic heterocycles. The molecule has 0 aromatic heterocycles. The van der Waals surface area contributed by atoms with Gasteiger partial charge in [0.15, 0.2) is 0 Å². The molecule has 0 spiro atoms. The van der Waals surface area contributed by atoms with Crippen LogP contribution in [0.25, 0.3) is 0 Å². The van der Waals surface area contributed by atoms with Crippen molar-refractivity contribution in [2.24, 2.45) is 11.8 Å². The van der Waals surface area contributed by atoms with Crippen LogP contribution in [0.4, 0.5) is 11.4 Å². The molecule has 0 amide bonds. The lowest BCUT2D eigenvalue weighted by molar-refractivity contribution is 0.303. The summed E-state index contributed by atoms with van der Waals surface area (Å²) < 4.78 is 0. The molecular weight excluding hydrogens is 232 g/mol. The van der Waals surface area contributed by atoms with Gasteiger partial charge in [0, 0.05) is 31.5 Å². The molecule has 2 atom stereocenters. The largest absolute Gasteiger partial charge is 0.382 e. The molecule has 2 saturated carbocycles. The Morgan fingerprint density at radius 3 is 2.32 bits per heavy atom. The van der Waals surface area contributed by atoms with Crippen molar-refractivity contribution in [2.75, 3.05) is 24.3 Å². The number of nitrogens with zero attached hydrogens (tertiary/aromatic N) is 1. The topological polar surface area (TPSA) is 15.3 Å². The fraction of sp³-hybridized carbons (Fsp3) is 0.647. The molecule has 0 radical (unpaired) electrons. The van der Waals surface area contributed by atoms with Crippen LogP contribution in [-0.4, -0.2) is 20.1 Å². The van der Waals surface area contributed by atoms with E-state index in [0.29, 0.717) is 6.04 Å². The summed E-state index contributed by atoms with van der Waals surface area (Å²) in [4.78, 5) is 2.15. The molecule has 2 nitrogen and oxygen atoms in total. The zero-order chi connectivity index (χ0) is 13.2. The van der Waals surface area contributed by atoms with Gasteiger partial charge in [0.05, 0.1) is 0 Å². The highest BCUT2D eigenvalue weighted by molar-refractivity contribution is 5.54. The molecule has 104 valence electrons. The average molecular weight is 258 g/mol. The molecule has 0 bridgehead atoms. The number of anilines is 2. The molecule has 2 aliphatic carbocycles. The standard InChI is InChI=1S/C17H26N2/c1-19(2)17-10-8-15(9-11-17)18-16-5-3-4-14(12-16)13-6-7-13/h8-11,13-14,16,18H,3-7,12H2,1-2H3. The first-order valence-corrected chi connectivity index (χ1v) is 7.76. The summed E-state index contributed by atoms with van der Waals surface area (Å²) in [6, 6.07) is 9.53. The Balaban J connectivity index is 1.57. The molecule has 2 fully saturated rings. The van der Waals surface area contributed by atoms with Crippen molar-refractivity contribution in [3.63, 3.8) is 0 Å². The van der Waals surface area contributed by atoms with Crippen molar-refractivity contribution in [3.05, 3.63) is 24.3 Å². The minimum atomic E-state index is 0.699. The van der Waals surface area contributed by atoms with E-state index in [4.69, 9.17) is 0 Å². The summed E-state index contributed by atoms with van der Waals surface area (Å²) in [6.07, 6.45) is 8.61. The first-order valence-electron chi connectivity index (χ1n) is 7.76. The number of benzene rings is 1. The molecule has 2 aliphatic rings.